The lowest BCUT2D eigenvalue weighted by Crippen LogP contribution is -2.15. The Labute approximate surface area is 222 Å². The SMILES string of the molecule is C=COCCOCCOCCOCCOCCOCCOCCOCCOCCOC(=O)CCCCC. The van der Waals surface area contributed by atoms with Crippen LogP contribution in [-0.4, -0.2) is 125 Å². The van der Waals surface area contributed by atoms with Gasteiger partial charge in [-0.15, -0.1) is 0 Å². The first kappa shape index (κ1) is 35.7. The van der Waals surface area contributed by atoms with Crippen molar-refractivity contribution >= 4 is 5.97 Å². The van der Waals surface area contributed by atoms with E-state index in [0.717, 1.165) is 19.3 Å². The van der Waals surface area contributed by atoms with Crippen LogP contribution < -0.4 is 0 Å². The minimum absolute atomic E-state index is 0.158. The highest BCUT2D eigenvalue weighted by Gasteiger charge is 2.01. The zero-order valence-corrected chi connectivity index (χ0v) is 22.8. The van der Waals surface area contributed by atoms with Gasteiger partial charge in [-0.2, -0.15) is 0 Å². The molecule has 0 fully saturated rings. The molecule has 0 aliphatic carbocycles. The molecule has 0 aromatic heterocycles. The summed E-state index contributed by atoms with van der Waals surface area (Å²) in [4.78, 5) is 11.4. The molecule has 0 aromatic carbocycles. The Morgan fingerprint density at radius 3 is 1.16 bits per heavy atom. The van der Waals surface area contributed by atoms with Gasteiger partial charge >= 0.3 is 5.97 Å². The fraction of sp³-hybridized carbons (Fsp3) is 0.885. The highest BCUT2D eigenvalue weighted by atomic mass is 16.6. The molecule has 0 aromatic rings. The van der Waals surface area contributed by atoms with Gasteiger partial charge in [0.05, 0.1) is 112 Å². The summed E-state index contributed by atoms with van der Waals surface area (Å²) in [6.45, 7) is 14.3. The smallest absolute Gasteiger partial charge is 0.305 e. The van der Waals surface area contributed by atoms with E-state index in [1.807, 2.05) is 0 Å². The van der Waals surface area contributed by atoms with Crippen molar-refractivity contribution in [2.75, 3.05) is 119 Å². The van der Waals surface area contributed by atoms with Gasteiger partial charge in [0, 0.05) is 6.42 Å². The molecule has 0 saturated carbocycles. The van der Waals surface area contributed by atoms with Crippen LogP contribution in [0.1, 0.15) is 32.6 Å². The largest absolute Gasteiger partial charge is 0.499 e. The predicted octanol–water partition coefficient (Wildman–Crippen LogP) is 2.40. The third kappa shape index (κ3) is 32.7. The molecule has 0 saturated heterocycles. The normalized spacial score (nSPS) is 11.1. The number of unbranched alkanes of at least 4 members (excludes halogenated alkanes) is 2. The Hall–Kier alpha value is -1.31. The average Bonchev–Trinajstić information content (AvgIpc) is 2.90. The van der Waals surface area contributed by atoms with Crippen LogP contribution in [0.25, 0.3) is 0 Å². The number of rotatable bonds is 32. The zero-order valence-electron chi connectivity index (χ0n) is 22.8. The summed E-state index contributed by atoms with van der Waals surface area (Å²) in [5.74, 6) is -0.158. The molecule has 0 bridgehead atoms. The third-order valence-electron chi connectivity index (χ3n) is 4.54. The van der Waals surface area contributed by atoms with E-state index < -0.39 is 0 Å². The van der Waals surface area contributed by atoms with Crippen molar-refractivity contribution in [3.05, 3.63) is 12.8 Å². The second-order valence-electron chi connectivity index (χ2n) is 7.61. The van der Waals surface area contributed by atoms with Gasteiger partial charge in [-0.1, -0.05) is 26.3 Å². The highest BCUT2D eigenvalue weighted by molar-refractivity contribution is 5.69. The molecule has 11 nitrogen and oxygen atoms in total. The van der Waals surface area contributed by atoms with E-state index in [2.05, 4.69) is 13.5 Å². The number of carbonyl (C=O) groups excluding carboxylic acids is 1. The van der Waals surface area contributed by atoms with Crippen LogP contribution >= 0.6 is 0 Å². The zero-order chi connectivity index (χ0) is 26.9. The van der Waals surface area contributed by atoms with Crippen molar-refractivity contribution in [1.29, 1.82) is 0 Å². The molecule has 37 heavy (non-hydrogen) atoms. The molecule has 0 heterocycles. The molecule has 0 spiro atoms. The average molecular weight is 539 g/mol. The summed E-state index contributed by atoms with van der Waals surface area (Å²) in [6, 6.07) is 0. The number of hydrogen-bond acceptors (Lipinski definition) is 11. The van der Waals surface area contributed by atoms with Crippen molar-refractivity contribution < 1.29 is 52.2 Å². The molecule has 0 N–H and O–H groups in total. The predicted molar refractivity (Wildman–Crippen MR) is 138 cm³/mol. The summed E-state index contributed by atoms with van der Waals surface area (Å²) >= 11 is 0. The minimum Gasteiger partial charge on any atom is -0.499 e. The molecular weight excluding hydrogens is 488 g/mol. The number of ether oxygens (including phenoxy) is 10. The molecule has 11 heteroatoms. The van der Waals surface area contributed by atoms with Crippen molar-refractivity contribution in [2.24, 2.45) is 0 Å². The lowest BCUT2D eigenvalue weighted by atomic mass is 10.2. The molecular formula is C26H50O11. The van der Waals surface area contributed by atoms with E-state index in [4.69, 9.17) is 47.4 Å². The fourth-order valence-electron chi connectivity index (χ4n) is 2.64. The molecule has 0 atom stereocenters. The van der Waals surface area contributed by atoms with E-state index in [-0.39, 0.29) is 12.6 Å². The van der Waals surface area contributed by atoms with Gasteiger partial charge < -0.3 is 47.4 Å². The molecule has 0 aliphatic rings. The highest BCUT2D eigenvalue weighted by Crippen LogP contribution is 2.00. The van der Waals surface area contributed by atoms with E-state index in [0.29, 0.717) is 119 Å². The first-order valence-corrected chi connectivity index (χ1v) is 13.3. The van der Waals surface area contributed by atoms with Gasteiger partial charge in [-0.3, -0.25) is 4.79 Å². The van der Waals surface area contributed by atoms with E-state index >= 15 is 0 Å². The molecule has 220 valence electrons. The van der Waals surface area contributed by atoms with Crippen molar-refractivity contribution in [3.8, 4) is 0 Å². The maximum atomic E-state index is 11.4. The minimum atomic E-state index is -0.158. The van der Waals surface area contributed by atoms with Crippen molar-refractivity contribution in [2.45, 2.75) is 32.6 Å². The van der Waals surface area contributed by atoms with Crippen LogP contribution in [0.15, 0.2) is 12.8 Å². The van der Waals surface area contributed by atoms with Crippen LogP contribution in [0.5, 0.6) is 0 Å². The lowest BCUT2D eigenvalue weighted by molar-refractivity contribution is -0.145. The second kappa shape index (κ2) is 32.7. The quantitative estimate of drug-likeness (QED) is 0.0715. The molecule has 0 unspecified atom stereocenters. The Bertz CT molecular complexity index is 466. The Morgan fingerprint density at radius 2 is 0.838 bits per heavy atom. The van der Waals surface area contributed by atoms with Crippen molar-refractivity contribution in [3.63, 3.8) is 0 Å². The summed E-state index contributed by atoms with van der Waals surface area (Å²) in [7, 11) is 0. The van der Waals surface area contributed by atoms with Gasteiger partial charge in [0.25, 0.3) is 0 Å². The maximum absolute atomic E-state index is 11.4. The summed E-state index contributed by atoms with van der Waals surface area (Å²) < 4.78 is 53.2. The summed E-state index contributed by atoms with van der Waals surface area (Å²) in [6.07, 6.45) is 4.90. The molecule has 0 aliphatic heterocycles. The van der Waals surface area contributed by atoms with E-state index in [1.54, 1.807) is 0 Å². The first-order valence-electron chi connectivity index (χ1n) is 13.3. The third-order valence-corrected chi connectivity index (χ3v) is 4.54. The molecule has 0 radical (unpaired) electrons. The Morgan fingerprint density at radius 1 is 0.514 bits per heavy atom. The lowest BCUT2D eigenvalue weighted by Gasteiger charge is -2.09. The fourth-order valence-corrected chi connectivity index (χ4v) is 2.64. The van der Waals surface area contributed by atoms with Gasteiger partial charge in [0.1, 0.15) is 13.2 Å². The Kier molecular flexibility index (Phi) is 31.6. The Balaban J connectivity index is 3.06. The standard InChI is InChI=1S/C26H50O11/c1-3-5-6-7-26(27)37-25-24-36-23-22-35-21-20-34-19-18-33-17-16-32-15-14-31-13-12-30-11-10-29-9-8-28-4-2/h4H,2-3,5-25H2,1H3. The number of carbonyl (C=O) groups is 1. The number of esters is 1. The van der Waals surface area contributed by atoms with Gasteiger partial charge in [0.15, 0.2) is 0 Å². The van der Waals surface area contributed by atoms with Gasteiger partial charge in [0.2, 0.25) is 0 Å². The van der Waals surface area contributed by atoms with E-state index in [9.17, 15) is 4.79 Å². The van der Waals surface area contributed by atoms with Gasteiger partial charge in [-0.05, 0) is 6.42 Å². The molecule has 0 rings (SSSR count). The van der Waals surface area contributed by atoms with Gasteiger partial charge in [-0.25, -0.2) is 0 Å². The van der Waals surface area contributed by atoms with Crippen LogP contribution in [0.4, 0.5) is 0 Å². The number of hydrogen-bond donors (Lipinski definition) is 0. The topological polar surface area (TPSA) is 109 Å². The van der Waals surface area contributed by atoms with Crippen LogP contribution in [0, 0.1) is 0 Å². The van der Waals surface area contributed by atoms with Crippen LogP contribution in [0.3, 0.4) is 0 Å². The second-order valence-corrected chi connectivity index (χ2v) is 7.61. The summed E-state index contributed by atoms with van der Waals surface area (Å²) in [5, 5.41) is 0. The van der Waals surface area contributed by atoms with Crippen LogP contribution in [0.2, 0.25) is 0 Å². The van der Waals surface area contributed by atoms with E-state index in [1.165, 1.54) is 6.26 Å². The molecule has 0 amide bonds. The first-order chi connectivity index (χ1) is 18.3. The summed E-state index contributed by atoms with van der Waals surface area (Å²) in [5.41, 5.74) is 0. The monoisotopic (exact) mass is 538 g/mol. The maximum Gasteiger partial charge on any atom is 0.305 e. The van der Waals surface area contributed by atoms with Crippen LogP contribution in [-0.2, 0) is 52.2 Å². The van der Waals surface area contributed by atoms with Crippen molar-refractivity contribution in [1.82, 2.24) is 0 Å².